The molecule has 0 aromatic heterocycles. The highest BCUT2D eigenvalue weighted by Crippen LogP contribution is 2.45. The van der Waals surface area contributed by atoms with Crippen LogP contribution in [0.5, 0.6) is 0 Å². The van der Waals surface area contributed by atoms with Gasteiger partial charge in [0.15, 0.2) is 0 Å². The van der Waals surface area contributed by atoms with E-state index in [9.17, 15) is 5.11 Å². The van der Waals surface area contributed by atoms with Gasteiger partial charge in [-0.15, -0.1) is 0 Å². The van der Waals surface area contributed by atoms with E-state index in [-0.39, 0.29) is 12.2 Å². The Bertz CT molecular complexity index is 469. The lowest BCUT2D eigenvalue weighted by Gasteiger charge is -2.16. The lowest BCUT2D eigenvalue weighted by atomic mass is 9.94. The maximum Gasteiger partial charge on any atom is 0.0803 e. The second kappa shape index (κ2) is 5.78. The summed E-state index contributed by atoms with van der Waals surface area (Å²) in [6.45, 7) is 0.773. The molecule has 2 aliphatic rings. The standard InChI is InChI=1S/C16H19BrO2/c17-8-4-7-14-16-12(10-19-14)9-13(18)15(16)11-5-2-1-3-6-11/h1-3,5-6,12-14,18H,4,7-10H2/t12-,13-,14+/m1/s1. The second-order valence-corrected chi connectivity index (χ2v) is 6.13. The third-order valence-electron chi connectivity index (χ3n) is 4.12. The lowest BCUT2D eigenvalue weighted by Crippen LogP contribution is -2.12. The summed E-state index contributed by atoms with van der Waals surface area (Å²) in [4.78, 5) is 0. The van der Waals surface area contributed by atoms with Crippen LogP contribution in [0.1, 0.15) is 24.8 Å². The van der Waals surface area contributed by atoms with Crippen LogP contribution in [-0.4, -0.2) is 29.3 Å². The van der Waals surface area contributed by atoms with Gasteiger partial charge in [0, 0.05) is 11.2 Å². The Labute approximate surface area is 122 Å². The van der Waals surface area contributed by atoms with Crippen LogP contribution in [0.25, 0.3) is 5.57 Å². The summed E-state index contributed by atoms with van der Waals surface area (Å²) in [5, 5.41) is 11.4. The fraction of sp³-hybridized carbons (Fsp3) is 0.500. The van der Waals surface area contributed by atoms with Crippen molar-refractivity contribution in [2.75, 3.05) is 11.9 Å². The van der Waals surface area contributed by atoms with E-state index >= 15 is 0 Å². The van der Waals surface area contributed by atoms with Crippen LogP contribution >= 0.6 is 15.9 Å². The molecule has 3 atom stereocenters. The number of aliphatic hydroxyl groups is 1. The van der Waals surface area contributed by atoms with Gasteiger partial charge in [0.05, 0.1) is 18.8 Å². The highest BCUT2D eigenvalue weighted by atomic mass is 79.9. The Morgan fingerprint density at radius 2 is 2.05 bits per heavy atom. The van der Waals surface area contributed by atoms with Crippen LogP contribution in [0.2, 0.25) is 0 Å². The molecule has 0 spiro atoms. The van der Waals surface area contributed by atoms with Crippen molar-refractivity contribution in [2.24, 2.45) is 5.92 Å². The first-order chi connectivity index (χ1) is 9.31. The number of alkyl halides is 1. The molecule has 0 radical (unpaired) electrons. The Balaban J connectivity index is 1.95. The van der Waals surface area contributed by atoms with Gasteiger partial charge in [0.2, 0.25) is 0 Å². The lowest BCUT2D eigenvalue weighted by molar-refractivity contribution is 0.0995. The molecular formula is C16H19BrO2. The predicted molar refractivity (Wildman–Crippen MR) is 80.2 cm³/mol. The van der Waals surface area contributed by atoms with Crippen molar-refractivity contribution >= 4 is 21.5 Å². The van der Waals surface area contributed by atoms with E-state index in [0.29, 0.717) is 5.92 Å². The molecule has 3 rings (SSSR count). The topological polar surface area (TPSA) is 29.5 Å². The molecular weight excluding hydrogens is 304 g/mol. The summed E-state index contributed by atoms with van der Waals surface area (Å²) in [5.74, 6) is 0.422. The minimum atomic E-state index is -0.322. The number of hydrogen-bond donors (Lipinski definition) is 1. The van der Waals surface area contributed by atoms with E-state index in [0.717, 1.165) is 42.3 Å². The SMILES string of the molecule is O[C@@H]1C[C@@H]2CO[C@@H](CCCBr)C2=C1c1ccccc1. The van der Waals surface area contributed by atoms with Crippen LogP contribution in [0.3, 0.4) is 0 Å². The molecule has 1 aromatic carbocycles. The molecule has 1 aromatic rings. The predicted octanol–water partition coefficient (Wildman–Crippen LogP) is 3.39. The van der Waals surface area contributed by atoms with Crippen molar-refractivity contribution in [1.29, 1.82) is 0 Å². The van der Waals surface area contributed by atoms with E-state index < -0.39 is 0 Å². The molecule has 19 heavy (non-hydrogen) atoms. The summed E-state index contributed by atoms with van der Waals surface area (Å²) < 4.78 is 5.93. The molecule has 1 heterocycles. The Hall–Kier alpha value is -0.640. The number of aliphatic hydroxyl groups excluding tert-OH is 1. The fourth-order valence-corrected chi connectivity index (χ4v) is 3.64. The van der Waals surface area contributed by atoms with E-state index in [1.807, 2.05) is 18.2 Å². The van der Waals surface area contributed by atoms with Gasteiger partial charge in [0.25, 0.3) is 0 Å². The smallest absolute Gasteiger partial charge is 0.0803 e. The minimum absolute atomic E-state index is 0.204. The number of fused-ring (bicyclic) bond motifs is 1. The van der Waals surface area contributed by atoms with Crippen LogP contribution in [0.15, 0.2) is 35.9 Å². The van der Waals surface area contributed by atoms with Crippen molar-refractivity contribution in [3.8, 4) is 0 Å². The average molecular weight is 323 g/mol. The summed E-state index contributed by atoms with van der Waals surface area (Å²) in [6.07, 6.45) is 2.86. The Morgan fingerprint density at radius 1 is 1.26 bits per heavy atom. The zero-order chi connectivity index (χ0) is 13.2. The first-order valence-corrected chi connectivity index (χ1v) is 8.08. The third kappa shape index (κ3) is 2.51. The molecule has 1 aliphatic carbocycles. The fourth-order valence-electron chi connectivity index (χ4n) is 3.32. The zero-order valence-corrected chi connectivity index (χ0v) is 12.5. The van der Waals surface area contributed by atoms with E-state index in [1.165, 1.54) is 5.57 Å². The number of hydrogen-bond acceptors (Lipinski definition) is 2. The Morgan fingerprint density at radius 3 is 2.79 bits per heavy atom. The van der Waals surface area contributed by atoms with Crippen LogP contribution in [0, 0.1) is 5.92 Å². The van der Waals surface area contributed by atoms with Gasteiger partial charge in [-0.1, -0.05) is 46.3 Å². The van der Waals surface area contributed by atoms with Crippen LogP contribution < -0.4 is 0 Å². The maximum absolute atomic E-state index is 10.4. The van der Waals surface area contributed by atoms with Gasteiger partial charge in [-0.3, -0.25) is 0 Å². The largest absolute Gasteiger partial charge is 0.388 e. The maximum atomic E-state index is 10.4. The van der Waals surface area contributed by atoms with Gasteiger partial charge >= 0.3 is 0 Å². The second-order valence-electron chi connectivity index (χ2n) is 5.34. The summed E-state index contributed by atoms with van der Waals surface area (Å²) in [5.41, 5.74) is 3.64. The quantitative estimate of drug-likeness (QED) is 0.861. The van der Waals surface area contributed by atoms with Gasteiger partial charge < -0.3 is 9.84 Å². The van der Waals surface area contributed by atoms with Crippen LogP contribution in [0.4, 0.5) is 0 Å². The monoisotopic (exact) mass is 322 g/mol. The van der Waals surface area contributed by atoms with E-state index in [2.05, 4.69) is 28.1 Å². The molecule has 1 aliphatic heterocycles. The van der Waals surface area contributed by atoms with Gasteiger partial charge in [-0.05, 0) is 36.0 Å². The zero-order valence-electron chi connectivity index (χ0n) is 10.9. The number of benzene rings is 1. The highest BCUT2D eigenvalue weighted by molar-refractivity contribution is 9.09. The molecule has 0 unspecified atom stereocenters. The van der Waals surface area contributed by atoms with E-state index in [1.54, 1.807) is 0 Å². The van der Waals surface area contributed by atoms with E-state index in [4.69, 9.17) is 4.74 Å². The van der Waals surface area contributed by atoms with Gasteiger partial charge in [-0.2, -0.15) is 0 Å². The van der Waals surface area contributed by atoms with Crippen molar-refractivity contribution in [2.45, 2.75) is 31.5 Å². The summed E-state index contributed by atoms with van der Waals surface area (Å²) in [6, 6.07) is 10.3. The summed E-state index contributed by atoms with van der Waals surface area (Å²) >= 11 is 3.48. The molecule has 1 fully saturated rings. The van der Waals surface area contributed by atoms with Crippen molar-refractivity contribution in [3.63, 3.8) is 0 Å². The van der Waals surface area contributed by atoms with Crippen LogP contribution in [-0.2, 0) is 4.74 Å². The van der Waals surface area contributed by atoms with Crippen molar-refractivity contribution < 1.29 is 9.84 Å². The number of halogens is 1. The minimum Gasteiger partial charge on any atom is -0.388 e. The van der Waals surface area contributed by atoms with Crippen molar-refractivity contribution in [1.82, 2.24) is 0 Å². The molecule has 0 saturated carbocycles. The first-order valence-electron chi connectivity index (χ1n) is 6.96. The first kappa shape index (κ1) is 13.3. The molecule has 102 valence electrons. The molecule has 3 heteroatoms. The molecule has 1 saturated heterocycles. The normalized spacial score (nSPS) is 29.9. The molecule has 2 nitrogen and oxygen atoms in total. The van der Waals surface area contributed by atoms with Crippen molar-refractivity contribution in [3.05, 3.63) is 41.5 Å². The number of rotatable bonds is 4. The molecule has 0 bridgehead atoms. The molecule has 0 amide bonds. The van der Waals surface area contributed by atoms with Gasteiger partial charge in [-0.25, -0.2) is 0 Å². The highest BCUT2D eigenvalue weighted by Gasteiger charge is 2.41. The summed E-state index contributed by atoms with van der Waals surface area (Å²) in [7, 11) is 0. The number of ether oxygens (including phenoxy) is 1. The van der Waals surface area contributed by atoms with Gasteiger partial charge in [0.1, 0.15) is 0 Å². The third-order valence-corrected chi connectivity index (χ3v) is 4.68. The average Bonchev–Trinajstić information content (AvgIpc) is 2.95. The Kier molecular flexibility index (Phi) is 4.06. The molecule has 1 N–H and O–H groups in total.